The summed E-state index contributed by atoms with van der Waals surface area (Å²) in [6.45, 7) is 5.96. The summed E-state index contributed by atoms with van der Waals surface area (Å²) in [5.41, 5.74) is -0.854. The van der Waals surface area contributed by atoms with E-state index in [1.54, 1.807) is 4.90 Å². The van der Waals surface area contributed by atoms with E-state index in [4.69, 9.17) is 0 Å². The normalized spacial score (nSPS) is 22.9. The molecule has 21 heavy (non-hydrogen) atoms. The number of carbonyl (C=O) groups excluding carboxylic acids is 2. The van der Waals surface area contributed by atoms with Crippen LogP contribution in [0.3, 0.4) is 0 Å². The zero-order valence-corrected chi connectivity index (χ0v) is 14.1. The van der Waals surface area contributed by atoms with Crippen LogP contribution >= 0.6 is 0 Å². The molecule has 1 aliphatic heterocycles. The number of nitrogens with one attached hydrogen (secondary N) is 1. The summed E-state index contributed by atoms with van der Waals surface area (Å²) in [4.78, 5) is 26.4. The topological polar surface area (TPSA) is 83.6 Å². The molecule has 1 saturated heterocycles. The van der Waals surface area contributed by atoms with Crippen molar-refractivity contribution >= 4 is 21.7 Å². The Morgan fingerprint density at radius 3 is 2.33 bits per heavy atom. The molecule has 0 spiro atoms. The van der Waals surface area contributed by atoms with Crippen LogP contribution in [0, 0.1) is 0 Å². The fourth-order valence-corrected chi connectivity index (χ4v) is 3.43. The van der Waals surface area contributed by atoms with Crippen molar-refractivity contribution in [2.75, 3.05) is 18.6 Å². The minimum atomic E-state index is -3.04. The van der Waals surface area contributed by atoms with E-state index < -0.39 is 15.4 Å². The number of sulfone groups is 1. The lowest BCUT2D eigenvalue weighted by atomic mass is 9.91. The first-order chi connectivity index (χ1) is 9.65. The summed E-state index contributed by atoms with van der Waals surface area (Å²) in [5, 5.41) is 2.86. The van der Waals surface area contributed by atoms with E-state index in [1.165, 1.54) is 6.26 Å². The smallest absolute Gasteiger partial charge is 0.248 e. The second-order valence-corrected chi connectivity index (χ2v) is 8.13. The van der Waals surface area contributed by atoms with Crippen LogP contribution in [0.25, 0.3) is 0 Å². The Hall–Kier alpha value is -1.11. The van der Waals surface area contributed by atoms with Crippen LogP contribution in [0.15, 0.2) is 0 Å². The Balaban J connectivity index is 2.93. The maximum absolute atomic E-state index is 12.8. The molecule has 0 bridgehead atoms. The molecule has 1 rings (SSSR count). The quantitative estimate of drug-likeness (QED) is 0.782. The number of hydrogen-bond donors (Lipinski definition) is 1. The van der Waals surface area contributed by atoms with Crippen molar-refractivity contribution in [3.8, 4) is 0 Å². The van der Waals surface area contributed by atoms with Crippen molar-refractivity contribution < 1.29 is 18.0 Å². The van der Waals surface area contributed by atoms with Crippen molar-refractivity contribution in [3.05, 3.63) is 0 Å². The third-order valence-electron chi connectivity index (χ3n) is 4.18. The van der Waals surface area contributed by atoms with Gasteiger partial charge in [0.2, 0.25) is 11.8 Å². The predicted octanol–water partition coefficient (Wildman–Crippen LogP) is 0.717. The summed E-state index contributed by atoms with van der Waals surface area (Å²) in [6.07, 6.45) is 2.90. The predicted molar refractivity (Wildman–Crippen MR) is 81.6 cm³/mol. The van der Waals surface area contributed by atoms with Gasteiger partial charge in [-0.2, -0.15) is 0 Å². The lowest BCUT2D eigenvalue weighted by Crippen LogP contribution is -2.57. The van der Waals surface area contributed by atoms with Crippen molar-refractivity contribution in [2.24, 2.45) is 0 Å². The molecule has 1 aliphatic rings. The Bertz CT molecular complexity index is 497. The van der Waals surface area contributed by atoms with Crippen LogP contribution in [-0.4, -0.2) is 55.3 Å². The second-order valence-electron chi connectivity index (χ2n) is 5.87. The third-order valence-corrected chi connectivity index (χ3v) is 5.21. The molecule has 0 aromatic heterocycles. The second kappa shape index (κ2) is 6.77. The van der Waals surface area contributed by atoms with Crippen LogP contribution in [0.4, 0.5) is 0 Å². The number of amides is 2. The van der Waals surface area contributed by atoms with Crippen LogP contribution in [0.2, 0.25) is 0 Å². The summed E-state index contributed by atoms with van der Waals surface area (Å²) < 4.78 is 22.5. The first kappa shape index (κ1) is 17.9. The van der Waals surface area contributed by atoms with E-state index >= 15 is 0 Å². The number of rotatable bonds is 6. The molecule has 0 aliphatic carbocycles. The molecule has 0 saturated carbocycles. The number of carbonyl (C=O) groups is 2. The van der Waals surface area contributed by atoms with E-state index in [2.05, 4.69) is 5.32 Å². The first-order valence-corrected chi connectivity index (χ1v) is 9.51. The van der Waals surface area contributed by atoms with E-state index in [-0.39, 0.29) is 30.0 Å². The molecule has 122 valence electrons. The molecule has 1 fully saturated rings. The Labute approximate surface area is 127 Å². The van der Waals surface area contributed by atoms with Gasteiger partial charge >= 0.3 is 0 Å². The van der Waals surface area contributed by atoms with Crippen molar-refractivity contribution in [3.63, 3.8) is 0 Å². The monoisotopic (exact) mass is 318 g/mol. The highest BCUT2D eigenvalue weighted by Gasteiger charge is 2.43. The third kappa shape index (κ3) is 4.43. The van der Waals surface area contributed by atoms with Crippen molar-refractivity contribution in [1.29, 1.82) is 0 Å². The van der Waals surface area contributed by atoms with E-state index in [0.29, 0.717) is 25.8 Å². The highest BCUT2D eigenvalue weighted by molar-refractivity contribution is 7.90. The van der Waals surface area contributed by atoms with Gasteiger partial charge in [0.1, 0.15) is 15.4 Å². The lowest BCUT2D eigenvalue weighted by Gasteiger charge is -2.35. The van der Waals surface area contributed by atoms with Crippen LogP contribution in [0.1, 0.15) is 46.5 Å². The first-order valence-electron chi connectivity index (χ1n) is 7.45. The summed E-state index contributed by atoms with van der Waals surface area (Å²) in [6, 6.07) is -0.211. The van der Waals surface area contributed by atoms with Gasteiger partial charge in [0.15, 0.2) is 0 Å². The van der Waals surface area contributed by atoms with Gasteiger partial charge in [0.05, 0.1) is 5.75 Å². The fraction of sp³-hybridized carbons (Fsp3) is 0.857. The standard InChI is InChI=1S/C14H26N2O4S/c1-5-14(6-2)13(18)16(8-7-9-21(4,19)20)11(3)10-12(17)15-14/h11H,5-10H2,1-4H3,(H,15,17). The molecule has 7 heteroatoms. The fourth-order valence-electron chi connectivity index (χ4n) is 2.77. The molecule has 0 radical (unpaired) electrons. The zero-order chi connectivity index (χ0) is 16.3. The summed E-state index contributed by atoms with van der Waals surface area (Å²) in [5.74, 6) is -0.166. The number of hydrogen-bond acceptors (Lipinski definition) is 4. The molecule has 1 heterocycles. The van der Waals surface area contributed by atoms with Crippen molar-refractivity contribution in [1.82, 2.24) is 10.2 Å². The van der Waals surface area contributed by atoms with Gasteiger partial charge < -0.3 is 10.2 Å². The van der Waals surface area contributed by atoms with Gasteiger partial charge in [-0.1, -0.05) is 13.8 Å². The average molecular weight is 318 g/mol. The van der Waals surface area contributed by atoms with Crippen LogP contribution < -0.4 is 5.32 Å². The van der Waals surface area contributed by atoms with E-state index in [9.17, 15) is 18.0 Å². The highest BCUT2D eigenvalue weighted by Crippen LogP contribution is 2.24. The molecule has 0 aromatic carbocycles. The van der Waals surface area contributed by atoms with Crippen molar-refractivity contribution in [2.45, 2.75) is 58.0 Å². The lowest BCUT2D eigenvalue weighted by molar-refractivity contribution is -0.140. The Morgan fingerprint density at radius 1 is 1.29 bits per heavy atom. The minimum absolute atomic E-state index is 0.0517. The van der Waals surface area contributed by atoms with Gasteiger partial charge in [0.25, 0.3) is 0 Å². The van der Waals surface area contributed by atoms with E-state index in [1.807, 2.05) is 20.8 Å². The molecule has 6 nitrogen and oxygen atoms in total. The van der Waals surface area contributed by atoms with Gasteiger partial charge in [-0.25, -0.2) is 8.42 Å². The van der Waals surface area contributed by atoms with Crippen LogP contribution in [0.5, 0.6) is 0 Å². The van der Waals surface area contributed by atoms with Gasteiger partial charge in [-0.3, -0.25) is 9.59 Å². The maximum atomic E-state index is 12.8. The molecule has 1 unspecified atom stereocenters. The number of nitrogens with zero attached hydrogens (tertiary/aromatic N) is 1. The Kier molecular flexibility index (Phi) is 5.78. The Morgan fingerprint density at radius 2 is 1.86 bits per heavy atom. The SMILES string of the molecule is CCC1(CC)NC(=O)CC(C)N(CCCS(C)(=O)=O)C1=O. The van der Waals surface area contributed by atoms with Gasteiger partial charge in [-0.05, 0) is 26.2 Å². The van der Waals surface area contributed by atoms with Gasteiger partial charge in [-0.15, -0.1) is 0 Å². The molecular weight excluding hydrogens is 292 g/mol. The van der Waals surface area contributed by atoms with E-state index in [0.717, 1.165) is 0 Å². The maximum Gasteiger partial charge on any atom is 0.248 e. The molecule has 2 amide bonds. The van der Waals surface area contributed by atoms with Crippen LogP contribution in [-0.2, 0) is 19.4 Å². The molecule has 1 atom stereocenters. The average Bonchev–Trinajstić information content (AvgIpc) is 2.46. The summed E-state index contributed by atoms with van der Waals surface area (Å²) >= 11 is 0. The molecular formula is C14H26N2O4S. The van der Waals surface area contributed by atoms with Gasteiger partial charge in [0, 0.05) is 25.3 Å². The summed E-state index contributed by atoms with van der Waals surface area (Å²) in [7, 11) is -3.04. The minimum Gasteiger partial charge on any atom is -0.342 e. The molecule has 1 N–H and O–H groups in total. The highest BCUT2D eigenvalue weighted by atomic mass is 32.2. The largest absolute Gasteiger partial charge is 0.342 e. The molecule has 0 aromatic rings. The zero-order valence-electron chi connectivity index (χ0n) is 13.3.